The van der Waals surface area contributed by atoms with Crippen LogP contribution in [0.3, 0.4) is 0 Å². The summed E-state index contributed by atoms with van der Waals surface area (Å²) in [6, 6.07) is 17.6. The maximum absolute atomic E-state index is 15.5. The van der Waals surface area contributed by atoms with Crippen molar-refractivity contribution in [1.29, 1.82) is 0 Å². The van der Waals surface area contributed by atoms with Crippen LogP contribution in [-0.4, -0.2) is 72.0 Å². The van der Waals surface area contributed by atoms with Crippen molar-refractivity contribution in [3.8, 4) is 0 Å². The van der Waals surface area contributed by atoms with Crippen LogP contribution in [0.1, 0.15) is 79.7 Å². The van der Waals surface area contributed by atoms with E-state index in [1.54, 1.807) is 17.0 Å². The minimum atomic E-state index is -4.50. The van der Waals surface area contributed by atoms with Gasteiger partial charge in [0.2, 0.25) is 0 Å². The number of nitrogens with one attached hydrogen (secondary N) is 1. The smallest absolute Gasteiger partial charge is 0.265 e. The second-order valence-electron chi connectivity index (χ2n) is 13.9. The van der Waals surface area contributed by atoms with E-state index in [0.717, 1.165) is 67.7 Å². The lowest BCUT2D eigenvalue weighted by atomic mass is 9.70. The average molecular weight is 710 g/mol. The molecule has 0 radical (unpaired) electrons. The largest absolute Gasteiger partial charge is 0.338 e. The van der Waals surface area contributed by atoms with Crippen LogP contribution in [0.2, 0.25) is 0 Å². The maximum atomic E-state index is 15.5. The zero-order chi connectivity index (χ0) is 35.2. The topological polar surface area (TPSA) is 96.8 Å². The van der Waals surface area contributed by atoms with E-state index in [0.29, 0.717) is 31.0 Å². The van der Waals surface area contributed by atoms with E-state index >= 15 is 4.39 Å². The van der Waals surface area contributed by atoms with Gasteiger partial charge in [-0.05, 0) is 113 Å². The fourth-order valence-electron chi connectivity index (χ4n) is 8.71. The van der Waals surface area contributed by atoms with E-state index in [1.807, 2.05) is 12.1 Å². The van der Waals surface area contributed by atoms with Crippen LogP contribution in [0.4, 0.5) is 13.2 Å². The molecule has 1 amide bonds. The molecule has 3 atom stereocenters. The summed E-state index contributed by atoms with van der Waals surface area (Å²) in [4.78, 5) is 28.0. The van der Waals surface area contributed by atoms with Crippen molar-refractivity contribution in [3.05, 3.63) is 95.1 Å². The number of carbonyl (C=O) groups excluding carboxylic acids is 1. The fourth-order valence-corrected chi connectivity index (χ4v) is 9.65. The molecule has 2 bridgehead atoms. The third-order valence-electron chi connectivity index (χ3n) is 11.2. The first-order valence-corrected chi connectivity index (χ1v) is 18.9. The Hall–Kier alpha value is -3.78. The fraction of sp³-hybridized carbons (Fsp3) is 0.459. The Balaban J connectivity index is 1.08. The number of hydrogen-bond acceptors (Lipinski definition) is 6. The van der Waals surface area contributed by atoms with Crippen LogP contribution < -0.4 is 4.89 Å². The van der Waals surface area contributed by atoms with Crippen LogP contribution in [0, 0.1) is 24.4 Å². The molecule has 3 aliphatic heterocycles. The minimum absolute atomic E-state index is 0.0170. The number of likely N-dealkylation sites (tertiary alicyclic amines) is 1. The molecule has 4 heterocycles. The van der Waals surface area contributed by atoms with Crippen LogP contribution >= 0.6 is 0 Å². The monoisotopic (exact) mass is 709 g/mol. The number of aryl methyl sites for hydroxylation is 1. The predicted molar refractivity (Wildman–Crippen MR) is 182 cm³/mol. The van der Waals surface area contributed by atoms with Crippen LogP contribution in [0.15, 0.2) is 65.6 Å². The first-order valence-electron chi connectivity index (χ1n) is 17.4. The number of hydrogen-bond donors (Lipinski definition) is 1. The molecule has 1 unspecified atom stereocenters. The number of para-hydroxylation sites is 2. The molecular formula is C37H42F3N5O4S. The van der Waals surface area contributed by atoms with Crippen molar-refractivity contribution in [3.63, 3.8) is 0 Å². The lowest BCUT2D eigenvalue weighted by Gasteiger charge is -2.45. The third kappa shape index (κ3) is 6.33. The third-order valence-corrected chi connectivity index (χ3v) is 12.4. The molecule has 0 aliphatic carbocycles. The number of rotatable bonds is 10. The number of aromatic nitrogens is 2. The molecule has 13 heteroatoms. The molecule has 1 N–H and O–H groups in total. The Bertz CT molecular complexity index is 2000. The first kappa shape index (κ1) is 34.7. The normalized spacial score (nSPS) is 22.3. The Morgan fingerprint density at radius 3 is 2.40 bits per heavy atom. The molecule has 3 aromatic carbocycles. The molecule has 3 aliphatic rings. The number of carbonyl (C=O) groups is 1. The van der Waals surface area contributed by atoms with Crippen LogP contribution in [0.25, 0.3) is 11.0 Å². The summed E-state index contributed by atoms with van der Waals surface area (Å²) in [6.45, 7) is 4.75. The summed E-state index contributed by atoms with van der Waals surface area (Å²) in [7, 11) is -4.50. The van der Waals surface area contributed by atoms with Crippen molar-refractivity contribution in [2.75, 3.05) is 26.2 Å². The zero-order valence-corrected chi connectivity index (χ0v) is 29.1. The van der Waals surface area contributed by atoms with E-state index in [2.05, 4.69) is 34.6 Å². The number of fused-ring (bicyclic) bond motifs is 3. The molecule has 3 saturated heterocycles. The molecule has 266 valence electrons. The number of amides is 1. The molecule has 50 heavy (non-hydrogen) atoms. The van der Waals surface area contributed by atoms with Crippen molar-refractivity contribution in [2.24, 2.45) is 0 Å². The van der Waals surface area contributed by atoms with E-state index in [-0.39, 0.29) is 25.5 Å². The van der Waals surface area contributed by atoms with Gasteiger partial charge in [-0.2, -0.15) is 0 Å². The second-order valence-corrected chi connectivity index (χ2v) is 15.5. The number of sulfonamides is 1. The Kier molecular flexibility index (Phi) is 9.52. The number of imidazole rings is 1. The van der Waals surface area contributed by atoms with Crippen LogP contribution in [-0.2, 0) is 20.3 Å². The maximum Gasteiger partial charge on any atom is 0.265 e. The van der Waals surface area contributed by atoms with Crippen LogP contribution in [0.5, 0.6) is 0 Å². The van der Waals surface area contributed by atoms with Gasteiger partial charge in [0.15, 0.2) is 5.82 Å². The summed E-state index contributed by atoms with van der Waals surface area (Å²) in [5, 5.41) is 0. The van der Waals surface area contributed by atoms with Gasteiger partial charge in [-0.25, -0.2) is 26.6 Å². The lowest BCUT2D eigenvalue weighted by Crippen LogP contribution is -2.49. The molecule has 3 fully saturated rings. The van der Waals surface area contributed by atoms with E-state index in [1.165, 1.54) is 23.4 Å². The Labute approximate surface area is 290 Å². The van der Waals surface area contributed by atoms with Gasteiger partial charge < -0.3 is 9.47 Å². The summed E-state index contributed by atoms with van der Waals surface area (Å²) in [6.07, 6.45) is 5.95. The van der Waals surface area contributed by atoms with E-state index in [9.17, 15) is 22.0 Å². The van der Waals surface area contributed by atoms with Crippen molar-refractivity contribution in [2.45, 2.75) is 87.2 Å². The summed E-state index contributed by atoms with van der Waals surface area (Å²) < 4.78 is 72.7. The SMILES string of the molecule is CCONS(=O)(=O)c1ccc(F)c(C(=O)N2CCC(CCN3[C@@H]4CC[C@H]3CC(n3c(C)nc5ccccc53)C4)(c3cccc(F)c3)CC2)c1F. The standard InChI is InChI=1S/C37H42F3N5O4S/c1-3-49-42-50(47,48)33-14-13-30(39)34(35(33)40)36(46)43-18-15-37(16-19-43,25-7-6-8-26(38)21-25)17-20-44-27-11-12-28(44)23-29(22-27)45-24(2)41-31-9-4-5-10-32(31)45/h4-10,13-14,21,27-29,42H,3,11-12,15-20,22-23H2,1-2H3/t27-,28+,29?. The Morgan fingerprint density at radius 2 is 1.70 bits per heavy atom. The number of halogens is 3. The predicted octanol–water partition coefficient (Wildman–Crippen LogP) is 6.42. The number of piperidine rings is 2. The van der Waals surface area contributed by atoms with Gasteiger partial charge in [0.05, 0.1) is 17.6 Å². The highest BCUT2D eigenvalue weighted by Gasteiger charge is 2.44. The molecule has 4 aromatic rings. The quantitative estimate of drug-likeness (QED) is 0.191. The Morgan fingerprint density at radius 1 is 0.980 bits per heavy atom. The number of nitrogens with zero attached hydrogens (tertiary/aromatic N) is 4. The van der Waals surface area contributed by atoms with Gasteiger partial charge in [-0.15, -0.1) is 0 Å². The molecule has 7 rings (SSSR count). The summed E-state index contributed by atoms with van der Waals surface area (Å²) >= 11 is 0. The molecule has 0 saturated carbocycles. The molecule has 0 spiro atoms. The highest BCUT2D eigenvalue weighted by atomic mass is 32.2. The van der Waals surface area contributed by atoms with E-state index < -0.39 is 43.4 Å². The summed E-state index contributed by atoms with van der Waals surface area (Å²) in [5.74, 6) is -2.86. The molecular weight excluding hydrogens is 667 g/mol. The zero-order valence-electron chi connectivity index (χ0n) is 28.2. The molecule has 1 aromatic heterocycles. The van der Waals surface area contributed by atoms with E-state index in [4.69, 9.17) is 9.82 Å². The first-order chi connectivity index (χ1) is 24.0. The van der Waals surface area contributed by atoms with Gasteiger partial charge in [0.25, 0.3) is 15.9 Å². The molecule has 9 nitrogen and oxygen atoms in total. The average Bonchev–Trinajstić information content (AvgIpc) is 3.56. The van der Waals surface area contributed by atoms with Crippen molar-refractivity contribution < 1.29 is 31.2 Å². The number of benzene rings is 3. The second kappa shape index (κ2) is 13.7. The van der Waals surface area contributed by atoms with Crippen molar-refractivity contribution in [1.82, 2.24) is 24.2 Å². The van der Waals surface area contributed by atoms with Gasteiger partial charge in [0, 0.05) is 31.2 Å². The van der Waals surface area contributed by atoms with Gasteiger partial charge in [0.1, 0.15) is 27.9 Å². The minimum Gasteiger partial charge on any atom is -0.338 e. The van der Waals surface area contributed by atoms with Gasteiger partial charge in [-0.1, -0.05) is 29.2 Å². The lowest BCUT2D eigenvalue weighted by molar-refractivity contribution is 0.0597. The van der Waals surface area contributed by atoms with Gasteiger partial charge in [-0.3, -0.25) is 14.5 Å². The van der Waals surface area contributed by atoms with Gasteiger partial charge >= 0.3 is 0 Å². The summed E-state index contributed by atoms with van der Waals surface area (Å²) in [5.41, 5.74) is 1.64. The van der Waals surface area contributed by atoms with Crippen molar-refractivity contribution >= 4 is 27.0 Å². The highest BCUT2D eigenvalue weighted by Crippen LogP contribution is 2.45. The highest BCUT2D eigenvalue weighted by molar-refractivity contribution is 7.89.